The van der Waals surface area contributed by atoms with E-state index in [-0.39, 0.29) is 0 Å². The first kappa shape index (κ1) is 12.5. The average molecular weight is 285 g/mol. The maximum absolute atomic E-state index is 11.0. The van der Waals surface area contributed by atoms with Gasteiger partial charge in [-0.2, -0.15) is 4.98 Å². The predicted octanol–water partition coefficient (Wildman–Crippen LogP) is 2.16. The fraction of sp³-hybridized carbons (Fsp3) is 0.400. The standard InChI is InChI=1S/C15H15N3O3/c19-15(20)10-3-4-11-6-18(7-12(11)5-10)8-13-16-14(17-21-13)9-1-2-9/h3-5,9H,1-2,6-8H2,(H,19,20). The number of benzene rings is 1. The van der Waals surface area contributed by atoms with Crippen molar-refractivity contribution in [3.05, 3.63) is 46.6 Å². The summed E-state index contributed by atoms with van der Waals surface area (Å²) >= 11 is 0. The van der Waals surface area contributed by atoms with E-state index < -0.39 is 5.97 Å². The largest absolute Gasteiger partial charge is 0.478 e. The Hall–Kier alpha value is -2.21. The summed E-state index contributed by atoms with van der Waals surface area (Å²) in [5.41, 5.74) is 2.57. The van der Waals surface area contributed by atoms with E-state index in [2.05, 4.69) is 15.0 Å². The Morgan fingerprint density at radius 1 is 1.33 bits per heavy atom. The first-order valence-electron chi connectivity index (χ1n) is 7.09. The van der Waals surface area contributed by atoms with E-state index in [4.69, 9.17) is 9.63 Å². The molecule has 1 aliphatic heterocycles. The molecule has 0 saturated heterocycles. The summed E-state index contributed by atoms with van der Waals surface area (Å²) in [5, 5.41) is 13.0. The second-order valence-electron chi connectivity index (χ2n) is 5.75. The van der Waals surface area contributed by atoms with Gasteiger partial charge >= 0.3 is 5.97 Å². The smallest absolute Gasteiger partial charge is 0.335 e. The van der Waals surface area contributed by atoms with E-state index in [1.54, 1.807) is 12.1 Å². The van der Waals surface area contributed by atoms with Crippen molar-refractivity contribution in [3.8, 4) is 0 Å². The second-order valence-corrected chi connectivity index (χ2v) is 5.75. The summed E-state index contributed by atoms with van der Waals surface area (Å²) in [4.78, 5) is 17.6. The molecule has 1 fully saturated rings. The Morgan fingerprint density at radius 2 is 2.14 bits per heavy atom. The van der Waals surface area contributed by atoms with Crippen molar-refractivity contribution in [2.75, 3.05) is 0 Å². The minimum atomic E-state index is -0.887. The molecule has 0 bridgehead atoms. The van der Waals surface area contributed by atoms with Gasteiger partial charge in [-0.1, -0.05) is 11.2 Å². The fourth-order valence-corrected chi connectivity index (χ4v) is 2.74. The van der Waals surface area contributed by atoms with Crippen molar-refractivity contribution in [2.45, 2.75) is 38.4 Å². The lowest BCUT2D eigenvalue weighted by Gasteiger charge is -2.10. The number of nitrogens with zero attached hydrogens (tertiary/aromatic N) is 3. The summed E-state index contributed by atoms with van der Waals surface area (Å²) in [6.45, 7) is 2.12. The van der Waals surface area contributed by atoms with Crippen LogP contribution in [0, 0.1) is 0 Å². The number of carboxylic acid groups (broad SMARTS) is 1. The van der Waals surface area contributed by atoms with Crippen molar-refractivity contribution in [1.82, 2.24) is 15.0 Å². The lowest BCUT2D eigenvalue weighted by atomic mass is 10.1. The molecule has 2 aromatic rings. The second kappa shape index (κ2) is 4.66. The fourth-order valence-electron chi connectivity index (χ4n) is 2.74. The van der Waals surface area contributed by atoms with Gasteiger partial charge in [0.15, 0.2) is 5.82 Å². The highest BCUT2D eigenvalue weighted by molar-refractivity contribution is 5.87. The summed E-state index contributed by atoms with van der Waals surface area (Å²) < 4.78 is 5.29. The summed E-state index contributed by atoms with van der Waals surface area (Å²) in [7, 11) is 0. The quantitative estimate of drug-likeness (QED) is 0.927. The van der Waals surface area contributed by atoms with Gasteiger partial charge in [-0.05, 0) is 36.1 Å². The summed E-state index contributed by atoms with van der Waals surface area (Å²) in [6, 6.07) is 5.30. The Labute approximate surface area is 121 Å². The molecule has 6 heteroatoms. The van der Waals surface area contributed by atoms with E-state index in [0.717, 1.165) is 37.3 Å². The first-order valence-corrected chi connectivity index (χ1v) is 7.09. The Morgan fingerprint density at radius 3 is 2.90 bits per heavy atom. The van der Waals surface area contributed by atoms with Crippen LogP contribution in [0.25, 0.3) is 0 Å². The van der Waals surface area contributed by atoms with E-state index in [0.29, 0.717) is 23.9 Å². The molecule has 1 saturated carbocycles. The summed E-state index contributed by atoms with van der Waals surface area (Å²) in [6.07, 6.45) is 2.32. The number of carboxylic acids is 1. The Balaban J connectivity index is 1.46. The Kier molecular flexibility index (Phi) is 2.78. The molecule has 0 atom stereocenters. The molecule has 0 unspecified atom stereocenters. The first-order chi connectivity index (χ1) is 10.2. The number of rotatable bonds is 4. The lowest BCUT2D eigenvalue weighted by molar-refractivity contribution is 0.0696. The molecule has 2 aliphatic rings. The monoisotopic (exact) mass is 285 g/mol. The van der Waals surface area contributed by atoms with Crippen molar-refractivity contribution in [3.63, 3.8) is 0 Å². The molecule has 21 heavy (non-hydrogen) atoms. The molecule has 1 aromatic carbocycles. The van der Waals surface area contributed by atoms with Crippen LogP contribution in [-0.2, 0) is 19.6 Å². The third-order valence-electron chi connectivity index (χ3n) is 4.03. The molecule has 4 rings (SSSR count). The highest BCUT2D eigenvalue weighted by Crippen LogP contribution is 2.38. The number of aromatic carboxylic acids is 1. The van der Waals surface area contributed by atoms with Gasteiger partial charge in [0.1, 0.15) is 0 Å². The Bertz CT molecular complexity index is 706. The number of carbonyl (C=O) groups is 1. The van der Waals surface area contributed by atoms with Gasteiger partial charge in [-0.15, -0.1) is 0 Å². The van der Waals surface area contributed by atoms with Crippen molar-refractivity contribution in [1.29, 1.82) is 0 Å². The van der Waals surface area contributed by atoms with E-state index in [1.165, 1.54) is 5.56 Å². The predicted molar refractivity (Wildman–Crippen MR) is 72.6 cm³/mol. The van der Waals surface area contributed by atoms with Gasteiger partial charge < -0.3 is 9.63 Å². The van der Waals surface area contributed by atoms with Gasteiger partial charge in [0.25, 0.3) is 0 Å². The molecule has 2 heterocycles. The molecular weight excluding hydrogens is 270 g/mol. The maximum Gasteiger partial charge on any atom is 0.335 e. The van der Waals surface area contributed by atoms with Crippen LogP contribution in [-0.4, -0.2) is 26.1 Å². The normalized spacial score (nSPS) is 17.9. The van der Waals surface area contributed by atoms with E-state index >= 15 is 0 Å². The van der Waals surface area contributed by atoms with Crippen LogP contribution in [0.15, 0.2) is 22.7 Å². The van der Waals surface area contributed by atoms with Crippen LogP contribution in [0.2, 0.25) is 0 Å². The highest BCUT2D eigenvalue weighted by Gasteiger charge is 2.29. The summed E-state index contributed by atoms with van der Waals surface area (Å²) in [5.74, 6) is 1.08. The highest BCUT2D eigenvalue weighted by atomic mass is 16.5. The van der Waals surface area contributed by atoms with Crippen LogP contribution in [0.1, 0.15) is 52.0 Å². The lowest BCUT2D eigenvalue weighted by Crippen LogP contribution is -2.15. The molecule has 0 radical (unpaired) electrons. The third kappa shape index (κ3) is 2.42. The number of hydrogen-bond acceptors (Lipinski definition) is 5. The van der Waals surface area contributed by atoms with Crippen LogP contribution >= 0.6 is 0 Å². The zero-order valence-corrected chi connectivity index (χ0v) is 11.5. The van der Waals surface area contributed by atoms with Crippen molar-refractivity contribution >= 4 is 5.97 Å². The molecular formula is C15H15N3O3. The van der Waals surface area contributed by atoms with Gasteiger partial charge in [-0.3, -0.25) is 4.90 Å². The van der Waals surface area contributed by atoms with Crippen LogP contribution in [0.4, 0.5) is 0 Å². The molecule has 1 N–H and O–H groups in total. The minimum absolute atomic E-state index is 0.337. The van der Waals surface area contributed by atoms with E-state index in [1.807, 2.05) is 6.07 Å². The van der Waals surface area contributed by atoms with Gasteiger partial charge in [0.2, 0.25) is 5.89 Å². The topological polar surface area (TPSA) is 79.5 Å². The molecule has 0 amide bonds. The van der Waals surface area contributed by atoms with Crippen LogP contribution < -0.4 is 0 Å². The minimum Gasteiger partial charge on any atom is -0.478 e. The van der Waals surface area contributed by atoms with Gasteiger partial charge in [0.05, 0.1) is 12.1 Å². The molecule has 6 nitrogen and oxygen atoms in total. The van der Waals surface area contributed by atoms with Gasteiger partial charge in [-0.25, -0.2) is 4.79 Å². The van der Waals surface area contributed by atoms with Crippen molar-refractivity contribution in [2.24, 2.45) is 0 Å². The molecule has 0 spiro atoms. The zero-order valence-electron chi connectivity index (χ0n) is 11.5. The van der Waals surface area contributed by atoms with Crippen molar-refractivity contribution < 1.29 is 14.4 Å². The van der Waals surface area contributed by atoms with E-state index in [9.17, 15) is 4.79 Å². The average Bonchev–Trinajstić information content (AvgIpc) is 3.07. The number of hydrogen-bond donors (Lipinski definition) is 1. The molecule has 108 valence electrons. The number of fused-ring (bicyclic) bond motifs is 1. The van der Waals surface area contributed by atoms with Crippen LogP contribution in [0.5, 0.6) is 0 Å². The number of aromatic nitrogens is 2. The maximum atomic E-state index is 11.0. The van der Waals surface area contributed by atoms with Crippen LogP contribution in [0.3, 0.4) is 0 Å². The zero-order chi connectivity index (χ0) is 14.4. The third-order valence-corrected chi connectivity index (χ3v) is 4.03. The van der Waals surface area contributed by atoms with Gasteiger partial charge in [0, 0.05) is 19.0 Å². The SMILES string of the molecule is O=C(O)c1ccc2c(c1)CN(Cc1nc(C3CC3)no1)C2. The molecule has 1 aliphatic carbocycles. The molecule has 1 aromatic heterocycles.